The van der Waals surface area contributed by atoms with Crippen LogP contribution in [0.3, 0.4) is 0 Å². The van der Waals surface area contributed by atoms with Crippen molar-refractivity contribution in [3.63, 3.8) is 0 Å². The van der Waals surface area contributed by atoms with Gasteiger partial charge in [0, 0.05) is 13.5 Å². The zero-order valence-electron chi connectivity index (χ0n) is 11.0. The molecular weight excluding hydrogens is 190 g/mol. The molecule has 3 nitrogen and oxygen atoms in total. The van der Waals surface area contributed by atoms with Crippen LogP contribution in [0.2, 0.25) is 0 Å². The van der Waals surface area contributed by atoms with Crippen LogP contribution in [0, 0.1) is 0 Å². The number of hydrogen-bond donors (Lipinski definition) is 0. The number of hydroxylamine groups is 2. The van der Waals surface area contributed by atoms with Crippen LogP contribution < -0.4 is 0 Å². The van der Waals surface area contributed by atoms with Gasteiger partial charge in [0.1, 0.15) is 0 Å². The molecule has 0 fully saturated rings. The van der Waals surface area contributed by atoms with Gasteiger partial charge in [-0.25, -0.2) is 5.06 Å². The van der Waals surface area contributed by atoms with Crippen molar-refractivity contribution in [2.75, 3.05) is 14.2 Å². The van der Waals surface area contributed by atoms with Crippen LogP contribution in [0.4, 0.5) is 0 Å². The third-order valence-corrected chi connectivity index (χ3v) is 2.12. The standard InChI is InChI=1S/C10H21NO2.C2H6/c1-4-5-6-7-8-9-10(12)11(2)13-3;1-2/h4-9H2,1-3H3;1-2H3. The van der Waals surface area contributed by atoms with E-state index in [1.807, 2.05) is 13.8 Å². The summed E-state index contributed by atoms with van der Waals surface area (Å²) in [5.41, 5.74) is 0. The molecule has 0 saturated carbocycles. The van der Waals surface area contributed by atoms with E-state index in [2.05, 4.69) is 6.92 Å². The van der Waals surface area contributed by atoms with E-state index in [0.717, 1.165) is 12.8 Å². The Balaban J connectivity index is 0. The minimum absolute atomic E-state index is 0.0685. The van der Waals surface area contributed by atoms with Crippen LogP contribution in [0.5, 0.6) is 0 Å². The van der Waals surface area contributed by atoms with E-state index >= 15 is 0 Å². The van der Waals surface area contributed by atoms with Gasteiger partial charge in [-0.15, -0.1) is 0 Å². The fourth-order valence-electron chi connectivity index (χ4n) is 1.14. The fourth-order valence-corrected chi connectivity index (χ4v) is 1.14. The van der Waals surface area contributed by atoms with Gasteiger partial charge < -0.3 is 0 Å². The second kappa shape index (κ2) is 13.4. The Bertz CT molecular complexity index is 138. The quantitative estimate of drug-likeness (QED) is 0.483. The van der Waals surface area contributed by atoms with Crippen molar-refractivity contribution in [3.05, 3.63) is 0 Å². The SMILES string of the molecule is CC.CCCCCCCC(=O)N(C)OC. The number of carbonyl (C=O) groups excluding carboxylic acids is 1. The van der Waals surface area contributed by atoms with Gasteiger partial charge in [-0.1, -0.05) is 46.5 Å². The molecule has 0 aliphatic rings. The topological polar surface area (TPSA) is 29.5 Å². The van der Waals surface area contributed by atoms with Crippen molar-refractivity contribution >= 4 is 5.91 Å². The number of nitrogens with zero attached hydrogens (tertiary/aromatic N) is 1. The average molecular weight is 217 g/mol. The fraction of sp³-hybridized carbons (Fsp3) is 0.917. The monoisotopic (exact) mass is 217 g/mol. The zero-order chi connectivity index (χ0) is 12.1. The molecule has 92 valence electrons. The summed E-state index contributed by atoms with van der Waals surface area (Å²) in [4.78, 5) is 16.0. The van der Waals surface area contributed by atoms with Crippen molar-refractivity contribution in [1.82, 2.24) is 5.06 Å². The van der Waals surface area contributed by atoms with Crippen molar-refractivity contribution in [3.8, 4) is 0 Å². The number of amides is 1. The first kappa shape index (κ1) is 16.8. The van der Waals surface area contributed by atoms with E-state index < -0.39 is 0 Å². The molecule has 0 saturated heterocycles. The van der Waals surface area contributed by atoms with Crippen LogP contribution in [0.1, 0.15) is 59.3 Å². The molecule has 0 bridgehead atoms. The number of carbonyl (C=O) groups is 1. The number of hydrogen-bond acceptors (Lipinski definition) is 2. The van der Waals surface area contributed by atoms with Gasteiger partial charge >= 0.3 is 0 Å². The Morgan fingerprint density at radius 1 is 1.13 bits per heavy atom. The molecule has 0 aromatic rings. The molecule has 0 aromatic carbocycles. The molecule has 0 atom stereocenters. The first-order valence-corrected chi connectivity index (χ1v) is 6.03. The molecule has 0 N–H and O–H groups in total. The van der Waals surface area contributed by atoms with E-state index in [0.29, 0.717) is 6.42 Å². The molecule has 0 aliphatic heterocycles. The highest BCUT2D eigenvalue weighted by Crippen LogP contribution is 2.06. The van der Waals surface area contributed by atoms with Gasteiger partial charge in [-0.05, 0) is 6.42 Å². The molecule has 1 amide bonds. The minimum Gasteiger partial charge on any atom is -0.275 e. The lowest BCUT2D eigenvalue weighted by Gasteiger charge is -2.12. The lowest BCUT2D eigenvalue weighted by atomic mass is 10.1. The Kier molecular flexibility index (Phi) is 15.1. The molecule has 0 radical (unpaired) electrons. The molecule has 0 aromatic heterocycles. The van der Waals surface area contributed by atoms with Crippen LogP contribution in [-0.4, -0.2) is 25.1 Å². The second-order valence-corrected chi connectivity index (χ2v) is 3.24. The summed E-state index contributed by atoms with van der Waals surface area (Å²) in [7, 11) is 3.16. The van der Waals surface area contributed by atoms with Gasteiger partial charge in [-0.2, -0.15) is 0 Å². The Hall–Kier alpha value is -0.570. The average Bonchev–Trinajstić information content (AvgIpc) is 2.30. The smallest absolute Gasteiger partial charge is 0.245 e. The molecule has 0 unspecified atom stereocenters. The Labute approximate surface area is 94.7 Å². The highest BCUT2D eigenvalue weighted by molar-refractivity contribution is 5.74. The third kappa shape index (κ3) is 11.4. The summed E-state index contributed by atoms with van der Waals surface area (Å²) in [5, 5.41) is 1.29. The summed E-state index contributed by atoms with van der Waals surface area (Å²) in [6, 6.07) is 0. The summed E-state index contributed by atoms with van der Waals surface area (Å²) in [5.74, 6) is 0.0685. The predicted molar refractivity (Wildman–Crippen MR) is 64.5 cm³/mol. The van der Waals surface area contributed by atoms with E-state index in [9.17, 15) is 4.79 Å². The zero-order valence-corrected chi connectivity index (χ0v) is 11.0. The molecular formula is C12H27NO2. The van der Waals surface area contributed by atoms with Crippen LogP contribution in [0.25, 0.3) is 0 Å². The maximum absolute atomic E-state index is 11.2. The van der Waals surface area contributed by atoms with Crippen LogP contribution in [0.15, 0.2) is 0 Å². The first-order chi connectivity index (χ1) is 7.22. The highest BCUT2D eigenvalue weighted by Gasteiger charge is 2.05. The largest absolute Gasteiger partial charge is 0.275 e. The molecule has 0 aliphatic carbocycles. The van der Waals surface area contributed by atoms with Crippen molar-refractivity contribution in [2.24, 2.45) is 0 Å². The first-order valence-electron chi connectivity index (χ1n) is 6.03. The van der Waals surface area contributed by atoms with E-state index in [4.69, 9.17) is 4.84 Å². The molecule has 0 spiro atoms. The normalized spacial score (nSPS) is 9.13. The van der Waals surface area contributed by atoms with E-state index in [1.54, 1.807) is 7.05 Å². The van der Waals surface area contributed by atoms with Gasteiger partial charge in [0.05, 0.1) is 7.11 Å². The molecule has 0 heterocycles. The maximum atomic E-state index is 11.2. The summed E-state index contributed by atoms with van der Waals surface area (Å²) in [6.07, 6.45) is 6.48. The lowest BCUT2D eigenvalue weighted by molar-refractivity contribution is -0.168. The van der Waals surface area contributed by atoms with E-state index in [-0.39, 0.29) is 5.91 Å². The number of unbranched alkanes of at least 4 members (excludes halogenated alkanes) is 4. The second-order valence-electron chi connectivity index (χ2n) is 3.24. The van der Waals surface area contributed by atoms with Crippen molar-refractivity contribution < 1.29 is 9.63 Å². The van der Waals surface area contributed by atoms with Gasteiger partial charge in [0.25, 0.3) is 0 Å². The highest BCUT2D eigenvalue weighted by atomic mass is 16.7. The third-order valence-electron chi connectivity index (χ3n) is 2.12. The van der Waals surface area contributed by atoms with Gasteiger partial charge in [-0.3, -0.25) is 9.63 Å². The minimum atomic E-state index is 0.0685. The predicted octanol–water partition coefficient (Wildman–Crippen LogP) is 3.39. The van der Waals surface area contributed by atoms with Crippen molar-refractivity contribution in [2.45, 2.75) is 59.3 Å². The summed E-state index contributed by atoms with van der Waals surface area (Å²) < 4.78 is 0. The van der Waals surface area contributed by atoms with Crippen LogP contribution >= 0.6 is 0 Å². The Morgan fingerprint density at radius 3 is 2.13 bits per heavy atom. The Morgan fingerprint density at radius 2 is 1.67 bits per heavy atom. The molecule has 15 heavy (non-hydrogen) atoms. The lowest BCUT2D eigenvalue weighted by Crippen LogP contribution is -2.24. The van der Waals surface area contributed by atoms with Crippen LogP contribution in [-0.2, 0) is 9.63 Å². The summed E-state index contributed by atoms with van der Waals surface area (Å²) in [6.45, 7) is 6.18. The summed E-state index contributed by atoms with van der Waals surface area (Å²) >= 11 is 0. The maximum Gasteiger partial charge on any atom is 0.245 e. The molecule has 0 rings (SSSR count). The van der Waals surface area contributed by atoms with E-state index in [1.165, 1.54) is 31.4 Å². The van der Waals surface area contributed by atoms with Crippen molar-refractivity contribution in [1.29, 1.82) is 0 Å². The number of rotatable bonds is 7. The van der Waals surface area contributed by atoms with Gasteiger partial charge in [0.2, 0.25) is 5.91 Å². The van der Waals surface area contributed by atoms with Gasteiger partial charge in [0.15, 0.2) is 0 Å². The molecule has 3 heteroatoms.